The van der Waals surface area contributed by atoms with Gasteiger partial charge in [-0.25, -0.2) is 0 Å². The normalized spacial score (nSPS) is 15.1. The maximum atomic E-state index is 13.1. The van der Waals surface area contributed by atoms with Gasteiger partial charge in [0, 0.05) is 32.2 Å². The summed E-state index contributed by atoms with van der Waals surface area (Å²) in [6, 6.07) is 1.13. The number of non-ortho nitro benzene ring substituents is 1. The van der Waals surface area contributed by atoms with E-state index in [9.17, 15) is 28.1 Å². The Hall–Kier alpha value is -1.98. The molecule has 1 fully saturated rings. The zero-order valence-corrected chi connectivity index (χ0v) is 19.3. The molecule has 178 valence electrons. The Kier molecular flexibility index (Phi) is 9.23. The summed E-state index contributed by atoms with van der Waals surface area (Å²) in [5, 5.41) is 11.3. The number of hydrogen-bond donors (Lipinski definition) is 0. The topological polar surface area (TPSA) is 79.6 Å². The third kappa shape index (κ3) is 6.29. The van der Waals surface area contributed by atoms with E-state index >= 15 is 0 Å². The fourth-order valence-electron chi connectivity index (χ4n) is 3.68. The molecule has 0 spiro atoms. The molecule has 2 heterocycles. The molecule has 0 amide bonds. The number of nitro groups is 1. The molecule has 1 aliphatic heterocycles. The number of benzene rings is 1. The molecule has 0 saturated carbocycles. The van der Waals surface area contributed by atoms with Crippen LogP contribution in [-0.4, -0.2) is 47.5 Å². The lowest BCUT2D eigenvalue weighted by atomic mass is 10.1. The molecule has 1 aliphatic rings. The second-order valence-electron chi connectivity index (χ2n) is 7.67. The van der Waals surface area contributed by atoms with Crippen LogP contribution in [0.1, 0.15) is 44.6 Å². The molecule has 3 rings (SSSR count). The molecule has 0 aliphatic carbocycles. The molecule has 0 radical (unpaired) electrons. The van der Waals surface area contributed by atoms with Gasteiger partial charge in [-0.15, -0.1) is 12.4 Å². The van der Waals surface area contributed by atoms with E-state index in [1.165, 1.54) is 25.7 Å². The first-order valence-electron chi connectivity index (χ1n) is 10.4. The van der Waals surface area contributed by atoms with Gasteiger partial charge in [0.25, 0.3) is 11.2 Å². The van der Waals surface area contributed by atoms with Crippen LogP contribution < -0.4 is 10.5 Å². The van der Waals surface area contributed by atoms with E-state index in [2.05, 4.69) is 16.8 Å². The monoisotopic (exact) mass is 494 g/mol. The van der Waals surface area contributed by atoms with Crippen LogP contribution in [0.15, 0.2) is 16.9 Å². The van der Waals surface area contributed by atoms with Crippen molar-refractivity contribution in [1.29, 1.82) is 0 Å². The van der Waals surface area contributed by atoms with Crippen molar-refractivity contribution < 1.29 is 18.1 Å². The van der Waals surface area contributed by atoms with Crippen LogP contribution in [0.25, 0.3) is 10.1 Å². The lowest BCUT2D eigenvalue weighted by molar-refractivity contribution is -0.383. The van der Waals surface area contributed by atoms with Crippen molar-refractivity contribution in [3.05, 3.63) is 38.2 Å². The van der Waals surface area contributed by atoms with E-state index in [0.717, 1.165) is 37.4 Å². The SMILES string of the molecule is CCCCCCCN1CCN(c2nc(=O)c3cc(C(F)(F)F)cc([N+](=O)[O-])c3s2)CC1.Cl. The molecular weight excluding hydrogens is 469 g/mol. The largest absolute Gasteiger partial charge is 0.416 e. The van der Waals surface area contributed by atoms with Crippen LogP contribution in [0.3, 0.4) is 0 Å². The maximum Gasteiger partial charge on any atom is 0.416 e. The summed E-state index contributed by atoms with van der Waals surface area (Å²) in [6.07, 6.45) is 1.23. The summed E-state index contributed by atoms with van der Waals surface area (Å²) in [4.78, 5) is 31.1. The summed E-state index contributed by atoms with van der Waals surface area (Å²) in [5.74, 6) is 0. The maximum absolute atomic E-state index is 13.1. The van der Waals surface area contributed by atoms with Gasteiger partial charge in [-0.05, 0) is 19.0 Å². The summed E-state index contributed by atoms with van der Waals surface area (Å²) in [6.45, 7) is 5.96. The van der Waals surface area contributed by atoms with Gasteiger partial charge in [0.05, 0.1) is 15.9 Å². The van der Waals surface area contributed by atoms with Gasteiger partial charge in [-0.2, -0.15) is 18.2 Å². The smallest absolute Gasteiger partial charge is 0.345 e. The highest BCUT2D eigenvalue weighted by atomic mass is 35.5. The number of halogens is 4. The average Bonchev–Trinajstić information content (AvgIpc) is 2.72. The first kappa shape index (κ1) is 26.3. The Morgan fingerprint density at radius 1 is 1.12 bits per heavy atom. The zero-order valence-electron chi connectivity index (χ0n) is 17.7. The number of rotatable bonds is 8. The molecular formula is C20H26ClF3N4O3S. The van der Waals surface area contributed by atoms with Crippen LogP contribution in [0.2, 0.25) is 0 Å². The highest BCUT2D eigenvalue weighted by Crippen LogP contribution is 2.38. The molecule has 1 saturated heterocycles. The van der Waals surface area contributed by atoms with Crippen LogP contribution in [0, 0.1) is 10.1 Å². The number of alkyl halides is 3. The molecule has 0 N–H and O–H groups in total. The summed E-state index contributed by atoms with van der Waals surface area (Å²) < 4.78 is 39.2. The van der Waals surface area contributed by atoms with Crippen molar-refractivity contribution in [1.82, 2.24) is 9.88 Å². The summed E-state index contributed by atoms with van der Waals surface area (Å²) >= 11 is 0.897. The third-order valence-electron chi connectivity index (χ3n) is 5.44. The Morgan fingerprint density at radius 2 is 1.78 bits per heavy atom. The Morgan fingerprint density at radius 3 is 2.38 bits per heavy atom. The molecule has 7 nitrogen and oxygen atoms in total. The van der Waals surface area contributed by atoms with Crippen molar-refractivity contribution in [2.24, 2.45) is 0 Å². The van der Waals surface area contributed by atoms with E-state index in [-0.39, 0.29) is 22.5 Å². The number of nitro benzene ring substituents is 1. The van der Waals surface area contributed by atoms with Crippen molar-refractivity contribution >= 4 is 44.6 Å². The van der Waals surface area contributed by atoms with Gasteiger partial charge in [-0.1, -0.05) is 43.9 Å². The number of anilines is 1. The van der Waals surface area contributed by atoms with E-state index < -0.39 is 27.9 Å². The minimum atomic E-state index is -4.79. The number of piperazine rings is 1. The standard InChI is InChI=1S/C20H25F3N4O3S.ClH/c1-2-3-4-5-6-7-25-8-10-26(11-9-25)19-24-18(28)15-12-14(20(21,22)23)13-16(27(29)30)17(15)31-19;/h12-13H,2-11H2,1H3;1H. The zero-order chi connectivity index (χ0) is 22.6. The lowest BCUT2D eigenvalue weighted by Crippen LogP contribution is -2.47. The molecule has 2 aromatic rings. The van der Waals surface area contributed by atoms with Gasteiger partial charge >= 0.3 is 6.18 Å². The fourth-order valence-corrected chi connectivity index (χ4v) is 4.79. The van der Waals surface area contributed by atoms with E-state index in [0.29, 0.717) is 30.4 Å². The Bertz CT molecular complexity index is 994. The predicted molar refractivity (Wildman–Crippen MR) is 122 cm³/mol. The van der Waals surface area contributed by atoms with Gasteiger partial charge < -0.3 is 4.90 Å². The van der Waals surface area contributed by atoms with Crippen molar-refractivity contribution in [3.8, 4) is 0 Å². The molecule has 1 aromatic heterocycles. The van der Waals surface area contributed by atoms with Crippen LogP contribution in [0.5, 0.6) is 0 Å². The second-order valence-corrected chi connectivity index (χ2v) is 8.65. The fraction of sp³-hybridized carbons (Fsp3) is 0.600. The highest BCUT2D eigenvalue weighted by molar-refractivity contribution is 7.22. The van der Waals surface area contributed by atoms with E-state index in [4.69, 9.17) is 0 Å². The quantitative estimate of drug-likeness (QED) is 0.288. The molecule has 1 aromatic carbocycles. The van der Waals surface area contributed by atoms with E-state index in [1.54, 1.807) is 0 Å². The van der Waals surface area contributed by atoms with Crippen molar-refractivity contribution in [2.75, 3.05) is 37.6 Å². The number of fused-ring (bicyclic) bond motifs is 1. The molecule has 0 atom stereocenters. The molecule has 0 unspecified atom stereocenters. The second kappa shape index (κ2) is 11.2. The molecule has 32 heavy (non-hydrogen) atoms. The Labute approximate surface area is 193 Å². The van der Waals surface area contributed by atoms with E-state index in [1.807, 2.05) is 4.90 Å². The number of aromatic nitrogens is 1. The van der Waals surface area contributed by atoms with Gasteiger partial charge in [0.2, 0.25) is 0 Å². The number of unbranched alkanes of at least 4 members (excludes halogenated alkanes) is 4. The van der Waals surface area contributed by atoms with Gasteiger partial charge in [0.1, 0.15) is 4.70 Å². The predicted octanol–water partition coefficient (Wildman–Crippen LogP) is 5.10. The first-order chi connectivity index (χ1) is 14.7. The highest BCUT2D eigenvalue weighted by Gasteiger charge is 2.34. The third-order valence-corrected chi connectivity index (χ3v) is 6.60. The van der Waals surface area contributed by atoms with Crippen molar-refractivity contribution in [3.63, 3.8) is 0 Å². The first-order valence-corrected chi connectivity index (χ1v) is 11.2. The Balaban J connectivity index is 0.00000363. The molecule has 12 heteroatoms. The van der Waals surface area contributed by atoms with Crippen molar-refractivity contribution in [2.45, 2.75) is 45.2 Å². The van der Waals surface area contributed by atoms with Crippen LogP contribution in [-0.2, 0) is 6.18 Å². The summed E-state index contributed by atoms with van der Waals surface area (Å²) in [5.41, 5.74) is -2.82. The average molecular weight is 495 g/mol. The number of hydrogen-bond acceptors (Lipinski definition) is 7. The summed E-state index contributed by atoms with van der Waals surface area (Å²) in [7, 11) is 0. The minimum absolute atomic E-state index is 0. The molecule has 0 bridgehead atoms. The van der Waals surface area contributed by atoms with Gasteiger partial charge in [-0.3, -0.25) is 19.8 Å². The lowest BCUT2D eigenvalue weighted by Gasteiger charge is -2.34. The van der Waals surface area contributed by atoms with Gasteiger partial charge in [0.15, 0.2) is 5.13 Å². The minimum Gasteiger partial charge on any atom is -0.345 e. The van der Waals surface area contributed by atoms with Crippen LogP contribution >= 0.6 is 23.7 Å². The van der Waals surface area contributed by atoms with Crippen LogP contribution in [0.4, 0.5) is 24.0 Å². The number of nitrogens with zero attached hydrogens (tertiary/aromatic N) is 4.